The second kappa shape index (κ2) is 37.0. The molecule has 28 nitrogen and oxygen atoms in total. The lowest BCUT2D eigenvalue weighted by molar-refractivity contribution is -0.0566. The van der Waals surface area contributed by atoms with Crippen molar-refractivity contribution in [2.24, 2.45) is 0 Å². The Labute approximate surface area is 707 Å². The first-order valence-electron chi connectivity index (χ1n) is 40.8. The number of halogens is 4. The van der Waals surface area contributed by atoms with Gasteiger partial charge in [-0.25, -0.2) is 37.5 Å². The molecular formula is C92H84F4N24O4. The number of hydrogen-bond donors (Lipinski definition) is 8. The van der Waals surface area contributed by atoms with Crippen LogP contribution in [0.3, 0.4) is 0 Å². The van der Waals surface area contributed by atoms with Gasteiger partial charge in [0.05, 0.1) is 52.4 Å². The highest BCUT2D eigenvalue weighted by molar-refractivity contribution is 6.14. The predicted molar refractivity (Wildman–Crippen MR) is 468 cm³/mol. The predicted octanol–water partition coefficient (Wildman–Crippen LogP) is 16.8. The van der Waals surface area contributed by atoms with Crippen molar-refractivity contribution in [3.63, 3.8) is 0 Å². The minimum Gasteiger partial charge on any atom is -0.370 e. The molecule has 4 aliphatic rings. The number of carbonyl (C=O) groups excluding carboxylic acids is 4. The number of anilines is 6. The van der Waals surface area contributed by atoms with Gasteiger partial charge in [-0.05, 0) is 187 Å². The number of alkyl halides is 4. The van der Waals surface area contributed by atoms with Crippen LogP contribution < -0.4 is 31.1 Å². The van der Waals surface area contributed by atoms with Gasteiger partial charge >= 0.3 is 0 Å². The van der Waals surface area contributed by atoms with Crippen LogP contribution in [0.2, 0.25) is 0 Å². The number of likely N-dealkylation sites (tertiary alicyclic amines) is 2. The molecule has 0 bridgehead atoms. The number of benzene rings is 4. The van der Waals surface area contributed by atoms with Gasteiger partial charge in [0.25, 0.3) is 35.5 Å². The van der Waals surface area contributed by atoms with Crippen LogP contribution in [0, 0.1) is 0 Å². The van der Waals surface area contributed by atoms with E-state index in [1.165, 1.54) is 32.1 Å². The highest BCUT2D eigenvalue weighted by Gasteiger charge is 2.38. The van der Waals surface area contributed by atoms with E-state index in [4.69, 9.17) is 0 Å². The number of nitrogens with one attached hydrogen (secondary N) is 8. The Morgan fingerprint density at radius 3 is 0.952 bits per heavy atom. The number of pyridine rings is 8. The van der Waals surface area contributed by atoms with Crippen molar-refractivity contribution in [2.45, 2.75) is 76.3 Å². The summed E-state index contributed by atoms with van der Waals surface area (Å²) in [6.07, 6.45) is 26.8. The van der Waals surface area contributed by atoms with E-state index in [9.17, 15) is 36.7 Å². The van der Waals surface area contributed by atoms with Gasteiger partial charge in [-0.15, -0.1) is 0 Å². The summed E-state index contributed by atoms with van der Waals surface area (Å²) in [5.41, 5.74) is 15.9. The van der Waals surface area contributed by atoms with Crippen molar-refractivity contribution >= 4 is 102 Å². The van der Waals surface area contributed by atoms with Gasteiger partial charge in [0.2, 0.25) is 0 Å². The number of aromatic nitrogens is 16. The maximum absolute atomic E-state index is 13.5. The maximum atomic E-state index is 13.5. The number of piperidine rings is 2. The Kier molecular flexibility index (Phi) is 24.3. The number of aromatic amines is 4. The van der Waals surface area contributed by atoms with Crippen molar-refractivity contribution in [1.29, 1.82) is 0 Å². The minimum absolute atomic E-state index is 0.110. The SMILES string of the molecule is O=C(Nc1ccccn1)c1n[nH]c2ccc(-c3cncc(CN4CCC(F)(F)C4)c3)cc12.O=C(Nc1ccccn1)c1n[nH]c2ccc(-c3cncc(CN4CCC(F)(F)CC4)c3)cc12.O=C(Nc1ccccn1)c1n[nH]c2ccc(-c3cncc(N4CCCC4)c3)cc12.O=C(Nc1ccccn1)c1n[nH]c2ccc(-c3cncc(N4CCCCC4)c3)cc12. The van der Waals surface area contributed by atoms with E-state index in [0.717, 1.165) is 126 Å². The highest BCUT2D eigenvalue weighted by Crippen LogP contribution is 2.36. The Hall–Kier alpha value is -14.9. The second-order valence-corrected chi connectivity index (χ2v) is 30.7. The molecule has 124 heavy (non-hydrogen) atoms. The lowest BCUT2D eigenvalue weighted by Gasteiger charge is -2.31. The summed E-state index contributed by atoms with van der Waals surface area (Å²) in [6, 6.07) is 52.8. The molecule has 12 aromatic heterocycles. The van der Waals surface area contributed by atoms with Crippen molar-refractivity contribution in [3.05, 3.63) is 278 Å². The van der Waals surface area contributed by atoms with E-state index in [0.29, 0.717) is 78.2 Å². The van der Waals surface area contributed by atoms with E-state index in [-0.39, 0.29) is 60.8 Å². The summed E-state index contributed by atoms with van der Waals surface area (Å²) < 4.78 is 53.9. The number of fused-ring (bicyclic) bond motifs is 4. The Balaban J connectivity index is 0.000000117. The van der Waals surface area contributed by atoms with Crippen molar-refractivity contribution in [1.82, 2.24) is 90.5 Å². The lowest BCUT2D eigenvalue weighted by atomic mass is 10.0. The van der Waals surface area contributed by atoms with Gasteiger partial charge in [0.1, 0.15) is 23.3 Å². The molecule has 4 fully saturated rings. The summed E-state index contributed by atoms with van der Waals surface area (Å²) in [5.74, 6) is -4.62. The first kappa shape index (κ1) is 81.4. The van der Waals surface area contributed by atoms with Gasteiger partial charge in [-0.2, -0.15) is 20.4 Å². The lowest BCUT2D eigenvalue weighted by Crippen LogP contribution is -2.38. The number of nitrogens with zero attached hydrogens (tertiary/aromatic N) is 16. The molecule has 0 saturated carbocycles. The Morgan fingerprint density at radius 2 is 0.629 bits per heavy atom. The zero-order valence-electron chi connectivity index (χ0n) is 67.1. The molecule has 4 aliphatic heterocycles. The van der Waals surface area contributed by atoms with E-state index in [2.05, 4.69) is 124 Å². The van der Waals surface area contributed by atoms with Crippen LogP contribution in [0.5, 0.6) is 0 Å². The smallest absolute Gasteiger partial charge is 0.277 e. The van der Waals surface area contributed by atoms with Crippen LogP contribution >= 0.6 is 0 Å². The molecule has 4 amide bonds. The first-order chi connectivity index (χ1) is 60.5. The molecule has 16 aromatic rings. The zero-order valence-corrected chi connectivity index (χ0v) is 67.1. The van der Waals surface area contributed by atoms with Gasteiger partial charge in [0, 0.05) is 184 Å². The van der Waals surface area contributed by atoms with Gasteiger partial charge in [0.15, 0.2) is 22.8 Å². The zero-order chi connectivity index (χ0) is 84.9. The third kappa shape index (κ3) is 19.7. The number of amides is 4. The van der Waals surface area contributed by atoms with Crippen LogP contribution in [-0.2, 0) is 13.1 Å². The topological polar surface area (TPSA) is 347 Å². The number of H-pyrrole nitrogens is 4. The summed E-state index contributed by atoms with van der Waals surface area (Å²) in [5, 5.41) is 42.4. The normalized spacial score (nSPS) is 15.0. The average molecular weight is 1670 g/mol. The Morgan fingerprint density at radius 1 is 0.323 bits per heavy atom. The molecule has 0 spiro atoms. The summed E-state index contributed by atoms with van der Waals surface area (Å²) in [4.78, 5) is 93.5. The molecule has 16 heterocycles. The maximum Gasteiger partial charge on any atom is 0.277 e. The van der Waals surface area contributed by atoms with E-state index < -0.39 is 11.8 Å². The van der Waals surface area contributed by atoms with Gasteiger partial charge < -0.3 is 31.1 Å². The molecule has 20 rings (SSSR count). The largest absolute Gasteiger partial charge is 0.370 e. The molecule has 32 heteroatoms. The fourth-order valence-electron chi connectivity index (χ4n) is 15.5. The third-order valence-electron chi connectivity index (χ3n) is 21.9. The molecule has 0 radical (unpaired) electrons. The first-order valence-corrected chi connectivity index (χ1v) is 40.8. The summed E-state index contributed by atoms with van der Waals surface area (Å²) in [7, 11) is 0. The quantitative estimate of drug-likeness (QED) is 0.0370. The van der Waals surface area contributed by atoms with Crippen LogP contribution in [0.15, 0.2) is 244 Å². The molecule has 4 saturated heterocycles. The molecule has 0 unspecified atom stereocenters. The van der Waals surface area contributed by atoms with E-state index in [1.807, 2.05) is 127 Å². The van der Waals surface area contributed by atoms with Crippen molar-refractivity contribution in [3.8, 4) is 44.5 Å². The molecule has 8 N–H and O–H groups in total. The second-order valence-electron chi connectivity index (χ2n) is 30.7. The van der Waals surface area contributed by atoms with Gasteiger partial charge in [-0.1, -0.05) is 48.5 Å². The van der Waals surface area contributed by atoms with Crippen LogP contribution in [0.25, 0.3) is 88.1 Å². The van der Waals surface area contributed by atoms with Gasteiger partial charge in [-0.3, -0.25) is 69.3 Å². The summed E-state index contributed by atoms with van der Waals surface area (Å²) in [6.45, 7) is 6.16. The minimum atomic E-state index is -2.62. The fraction of sp³-hybridized carbons (Fsp3) is 0.217. The number of carbonyl (C=O) groups is 4. The van der Waals surface area contributed by atoms with Crippen LogP contribution in [0.4, 0.5) is 52.2 Å². The van der Waals surface area contributed by atoms with Crippen LogP contribution in [0.1, 0.15) is 104 Å². The molecule has 624 valence electrons. The highest BCUT2D eigenvalue weighted by atomic mass is 19.3. The van der Waals surface area contributed by atoms with Crippen molar-refractivity contribution < 1.29 is 36.7 Å². The third-order valence-corrected chi connectivity index (χ3v) is 21.9. The molecule has 0 aliphatic carbocycles. The van der Waals surface area contributed by atoms with Crippen molar-refractivity contribution in [2.75, 3.05) is 83.4 Å². The van der Waals surface area contributed by atoms with E-state index >= 15 is 0 Å². The molecule has 0 atom stereocenters. The van der Waals surface area contributed by atoms with E-state index in [1.54, 1.807) is 115 Å². The number of hydrogen-bond acceptors (Lipinski definition) is 20. The fourth-order valence-corrected chi connectivity index (χ4v) is 15.5. The average Bonchev–Trinajstić information content (AvgIpc) is 1.65. The molecular weight excluding hydrogens is 1580 g/mol. The standard InChI is InChI=1S/C24H22F2N6O.C23H20F2N6O.C23H22N6O.C22H20N6O/c25-24(26)6-9-32(10-7-24)15-16-11-18(14-27-13-16)17-4-5-20-19(12-17)22(31-30-20)23(33)29-21-3-1-2-8-28-21;24-23(25)6-8-31(14-23)13-15-9-17(12-26-11-15)16-4-5-19-18(10-16)21(30-29-19)22(32)28-20-3-1-2-7-27-20;30-23(26-21-6-2-3-9-25-21)22-19-13-16(7-8-20(19)27-28-22)17-12-18(15-24-14-17)29-10-4-1-5-11-29;29-22(25-20-5-1-2-8-24-20)21-18-12-15(6-7-19(18)26-27-21)16-11-17(14-23-13-16)28-9-3-4-10-28/h1-5,8,11-14H,6-7,9-10,15H2,(H,30,31)(H,28,29,33);1-5,7,9-12H,6,8,13-14H2,(H,29,30)(H,27,28,32);2-3,6-9,12-15H,1,4-5,10-11H2,(H,27,28)(H,25,26,30);1-2,5-8,11-14H,3-4,9-10H2,(H,26,27)(H,24,25,29). The molecule has 4 aromatic carbocycles. The Bertz CT molecular complexity index is 6460. The van der Waals surface area contributed by atoms with Crippen LogP contribution in [-0.4, -0.2) is 178 Å². The monoisotopic (exact) mass is 1660 g/mol. The number of rotatable bonds is 18. The summed E-state index contributed by atoms with van der Waals surface area (Å²) >= 11 is 0.